The summed E-state index contributed by atoms with van der Waals surface area (Å²) in [5.74, 6) is -1.19. The SMILES string of the molecule is CCC(CC(=O)O)NC(=O)c1ccc(C)nc1C. The van der Waals surface area contributed by atoms with Gasteiger partial charge in [0.25, 0.3) is 5.91 Å². The molecule has 1 amide bonds. The third-order valence-corrected chi connectivity index (χ3v) is 2.72. The second-order valence-corrected chi connectivity index (χ2v) is 4.26. The third kappa shape index (κ3) is 3.84. The first kappa shape index (κ1) is 14.2. The smallest absolute Gasteiger partial charge is 0.305 e. The van der Waals surface area contributed by atoms with E-state index in [1.54, 1.807) is 19.1 Å². The molecule has 0 aromatic carbocycles. The maximum atomic E-state index is 12.0. The number of carbonyl (C=O) groups excluding carboxylic acids is 1. The second kappa shape index (κ2) is 6.14. The van der Waals surface area contributed by atoms with Crippen LogP contribution in [-0.4, -0.2) is 28.0 Å². The number of pyridine rings is 1. The predicted molar refractivity (Wildman–Crippen MR) is 67.5 cm³/mol. The van der Waals surface area contributed by atoms with Crippen molar-refractivity contribution in [2.45, 2.75) is 39.7 Å². The molecule has 0 radical (unpaired) electrons. The zero-order valence-electron chi connectivity index (χ0n) is 10.9. The van der Waals surface area contributed by atoms with E-state index in [1.165, 1.54) is 0 Å². The first-order chi connectivity index (χ1) is 8.43. The summed E-state index contributed by atoms with van der Waals surface area (Å²) in [5, 5.41) is 11.4. The van der Waals surface area contributed by atoms with Crippen molar-refractivity contribution in [3.63, 3.8) is 0 Å². The van der Waals surface area contributed by atoms with Crippen molar-refractivity contribution >= 4 is 11.9 Å². The zero-order chi connectivity index (χ0) is 13.7. The molecule has 1 aromatic rings. The fourth-order valence-corrected chi connectivity index (χ4v) is 1.70. The number of aromatic nitrogens is 1. The van der Waals surface area contributed by atoms with E-state index in [1.807, 2.05) is 13.8 Å². The van der Waals surface area contributed by atoms with Crippen LogP contribution in [0.3, 0.4) is 0 Å². The summed E-state index contributed by atoms with van der Waals surface area (Å²) < 4.78 is 0. The van der Waals surface area contributed by atoms with Gasteiger partial charge in [-0.2, -0.15) is 0 Å². The van der Waals surface area contributed by atoms with Crippen LogP contribution in [0, 0.1) is 13.8 Å². The molecular formula is C13H18N2O3. The van der Waals surface area contributed by atoms with Crippen molar-refractivity contribution in [1.82, 2.24) is 10.3 Å². The van der Waals surface area contributed by atoms with Crippen molar-refractivity contribution in [1.29, 1.82) is 0 Å². The van der Waals surface area contributed by atoms with Crippen LogP contribution in [0.5, 0.6) is 0 Å². The Hall–Kier alpha value is -1.91. The number of rotatable bonds is 5. The monoisotopic (exact) mass is 250 g/mol. The number of aliphatic carboxylic acids is 1. The highest BCUT2D eigenvalue weighted by atomic mass is 16.4. The summed E-state index contributed by atoms with van der Waals surface area (Å²) in [4.78, 5) is 26.8. The van der Waals surface area contributed by atoms with Crippen molar-refractivity contribution < 1.29 is 14.7 Å². The minimum atomic E-state index is -0.916. The van der Waals surface area contributed by atoms with Crippen LogP contribution < -0.4 is 5.32 Å². The molecule has 0 aliphatic rings. The minimum absolute atomic E-state index is 0.0689. The fraction of sp³-hybridized carbons (Fsp3) is 0.462. The van der Waals surface area contributed by atoms with E-state index in [2.05, 4.69) is 10.3 Å². The number of carboxylic acids is 1. The molecule has 0 saturated heterocycles. The molecule has 1 aromatic heterocycles. The molecule has 0 aliphatic heterocycles. The average Bonchev–Trinajstić information content (AvgIpc) is 2.27. The number of hydrogen-bond acceptors (Lipinski definition) is 3. The van der Waals surface area contributed by atoms with Gasteiger partial charge in [0.2, 0.25) is 0 Å². The molecule has 98 valence electrons. The Kier molecular flexibility index (Phi) is 4.83. The maximum absolute atomic E-state index is 12.0. The average molecular weight is 250 g/mol. The van der Waals surface area contributed by atoms with Crippen LogP contribution in [0.15, 0.2) is 12.1 Å². The number of hydrogen-bond donors (Lipinski definition) is 2. The molecule has 1 unspecified atom stereocenters. The Bertz CT molecular complexity index is 458. The highest BCUT2D eigenvalue weighted by Crippen LogP contribution is 2.08. The van der Waals surface area contributed by atoms with Gasteiger partial charge < -0.3 is 10.4 Å². The van der Waals surface area contributed by atoms with Gasteiger partial charge in [0.05, 0.1) is 17.7 Å². The van der Waals surface area contributed by atoms with Gasteiger partial charge in [0, 0.05) is 11.7 Å². The molecule has 0 saturated carbocycles. The lowest BCUT2D eigenvalue weighted by atomic mass is 10.1. The van der Waals surface area contributed by atoms with Crippen molar-refractivity contribution in [2.75, 3.05) is 0 Å². The number of carbonyl (C=O) groups is 2. The topological polar surface area (TPSA) is 79.3 Å². The molecule has 0 aliphatic carbocycles. The van der Waals surface area contributed by atoms with Crippen LogP contribution >= 0.6 is 0 Å². The number of nitrogens with one attached hydrogen (secondary N) is 1. The molecule has 18 heavy (non-hydrogen) atoms. The highest BCUT2D eigenvalue weighted by molar-refractivity contribution is 5.95. The van der Waals surface area contributed by atoms with E-state index in [0.29, 0.717) is 17.7 Å². The highest BCUT2D eigenvalue weighted by Gasteiger charge is 2.16. The Morgan fingerprint density at radius 1 is 1.39 bits per heavy atom. The lowest BCUT2D eigenvalue weighted by molar-refractivity contribution is -0.137. The van der Waals surface area contributed by atoms with E-state index < -0.39 is 5.97 Å². The lowest BCUT2D eigenvalue weighted by Gasteiger charge is -2.15. The summed E-state index contributed by atoms with van der Waals surface area (Å²) >= 11 is 0. The fourth-order valence-electron chi connectivity index (χ4n) is 1.70. The van der Waals surface area contributed by atoms with Gasteiger partial charge in [-0.05, 0) is 32.4 Å². The zero-order valence-corrected chi connectivity index (χ0v) is 10.9. The maximum Gasteiger partial charge on any atom is 0.305 e. The molecule has 1 heterocycles. The van der Waals surface area contributed by atoms with E-state index in [9.17, 15) is 9.59 Å². The molecule has 0 fully saturated rings. The Morgan fingerprint density at radius 3 is 2.56 bits per heavy atom. The van der Waals surface area contributed by atoms with Crippen molar-refractivity contribution in [2.24, 2.45) is 0 Å². The third-order valence-electron chi connectivity index (χ3n) is 2.72. The molecular weight excluding hydrogens is 232 g/mol. The van der Waals surface area contributed by atoms with Gasteiger partial charge in [0.15, 0.2) is 0 Å². The van der Waals surface area contributed by atoms with Crippen molar-refractivity contribution in [3.05, 3.63) is 29.1 Å². The molecule has 0 spiro atoms. The van der Waals surface area contributed by atoms with Crippen LogP contribution in [0.25, 0.3) is 0 Å². The molecule has 0 bridgehead atoms. The van der Waals surface area contributed by atoms with Gasteiger partial charge in [-0.1, -0.05) is 6.92 Å². The van der Waals surface area contributed by atoms with E-state index >= 15 is 0 Å². The number of aryl methyl sites for hydroxylation is 2. The Balaban J connectivity index is 2.77. The summed E-state index contributed by atoms with van der Waals surface area (Å²) in [7, 11) is 0. The normalized spacial score (nSPS) is 11.9. The summed E-state index contributed by atoms with van der Waals surface area (Å²) in [6.45, 7) is 5.46. The summed E-state index contributed by atoms with van der Waals surface area (Å²) in [6, 6.07) is 3.12. The van der Waals surface area contributed by atoms with Gasteiger partial charge in [-0.15, -0.1) is 0 Å². The van der Waals surface area contributed by atoms with Crippen LogP contribution in [-0.2, 0) is 4.79 Å². The first-order valence-electron chi connectivity index (χ1n) is 5.91. The summed E-state index contributed by atoms with van der Waals surface area (Å²) in [5.41, 5.74) is 1.99. The summed E-state index contributed by atoms with van der Waals surface area (Å²) in [6.07, 6.45) is 0.511. The Labute approximate surface area is 106 Å². The number of carboxylic acid groups (broad SMARTS) is 1. The number of nitrogens with zero attached hydrogens (tertiary/aromatic N) is 1. The standard InChI is InChI=1S/C13H18N2O3/c1-4-10(7-12(16)17)15-13(18)11-6-5-8(2)14-9(11)3/h5-6,10H,4,7H2,1-3H3,(H,15,18)(H,16,17). The van der Waals surface area contributed by atoms with Crippen LogP contribution in [0.4, 0.5) is 0 Å². The quantitative estimate of drug-likeness (QED) is 0.833. The molecule has 1 atom stereocenters. The minimum Gasteiger partial charge on any atom is -0.481 e. The van der Waals surface area contributed by atoms with Gasteiger partial charge in [0.1, 0.15) is 0 Å². The van der Waals surface area contributed by atoms with Crippen LogP contribution in [0.1, 0.15) is 41.5 Å². The van der Waals surface area contributed by atoms with Crippen molar-refractivity contribution in [3.8, 4) is 0 Å². The van der Waals surface area contributed by atoms with E-state index in [4.69, 9.17) is 5.11 Å². The largest absolute Gasteiger partial charge is 0.481 e. The predicted octanol–water partition coefficient (Wildman–Crippen LogP) is 1.68. The van der Waals surface area contributed by atoms with Gasteiger partial charge in [-0.25, -0.2) is 0 Å². The first-order valence-corrected chi connectivity index (χ1v) is 5.91. The molecule has 5 heteroatoms. The van der Waals surface area contributed by atoms with E-state index in [0.717, 1.165) is 5.69 Å². The molecule has 1 rings (SSSR count). The molecule has 5 nitrogen and oxygen atoms in total. The van der Waals surface area contributed by atoms with Crippen LogP contribution in [0.2, 0.25) is 0 Å². The van der Waals surface area contributed by atoms with Gasteiger partial charge in [-0.3, -0.25) is 14.6 Å². The lowest BCUT2D eigenvalue weighted by Crippen LogP contribution is -2.36. The second-order valence-electron chi connectivity index (χ2n) is 4.26. The Morgan fingerprint density at radius 2 is 2.06 bits per heavy atom. The molecule has 2 N–H and O–H groups in total. The van der Waals surface area contributed by atoms with Gasteiger partial charge >= 0.3 is 5.97 Å². The number of amides is 1. The van der Waals surface area contributed by atoms with E-state index in [-0.39, 0.29) is 18.4 Å².